The molecule has 13 heavy (non-hydrogen) atoms. The Hall–Kier alpha value is -0.761. The molecule has 0 atom stereocenters. The van der Waals surface area contributed by atoms with Gasteiger partial charge in [-0.1, -0.05) is 0 Å². The van der Waals surface area contributed by atoms with Crippen LogP contribution in [0.2, 0.25) is 5.02 Å². The van der Waals surface area contributed by atoms with Crippen molar-refractivity contribution in [3.63, 3.8) is 0 Å². The fourth-order valence-corrected chi connectivity index (χ4v) is 2.19. The predicted molar refractivity (Wildman–Crippen MR) is 55.2 cm³/mol. The first kappa shape index (κ1) is 10.3. The Balaban J connectivity index is 2.55. The van der Waals surface area contributed by atoms with E-state index in [0.29, 0.717) is 0 Å². The third-order valence-corrected chi connectivity index (χ3v) is 3.22. The van der Waals surface area contributed by atoms with Crippen LogP contribution in [0.4, 0.5) is 0 Å². The number of hydrogen-bond acceptors (Lipinski definition) is 1. The Morgan fingerprint density at radius 2 is 2.00 bits per heavy atom. The summed E-state index contributed by atoms with van der Waals surface area (Å²) in [5.74, 6) is -0.407. The van der Waals surface area contributed by atoms with Crippen molar-refractivity contribution in [2.24, 2.45) is 5.73 Å². The van der Waals surface area contributed by atoms with Crippen LogP contribution in [0.15, 0.2) is 35.3 Å². The van der Waals surface area contributed by atoms with Crippen molar-refractivity contribution in [2.45, 2.75) is 0 Å². The second-order valence-electron chi connectivity index (χ2n) is 2.28. The van der Waals surface area contributed by atoms with E-state index in [0.717, 1.165) is 9.48 Å². The Morgan fingerprint density at radius 1 is 1.38 bits per heavy atom. The van der Waals surface area contributed by atoms with Crippen LogP contribution in [0.25, 0.3) is 0 Å². The molecule has 0 bridgehead atoms. The van der Waals surface area contributed by atoms with E-state index in [4.69, 9.17) is 17.3 Å². The average molecular weight is 261 g/mol. The summed E-state index contributed by atoms with van der Waals surface area (Å²) in [6.45, 7) is 0. The molecule has 1 rings (SSSR count). The van der Waals surface area contributed by atoms with E-state index < -0.39 is 5.91 Å². The van der Waals surface area contributed by atoms with Gasteiger partial charge in [-0.05, 0) is 0 Å². The first-order valence-corrected chi connectivity index (χ1v) is 5.79. The average Bonchev–Trinajstić information content (AvgIpc) is 2.08. The topological polar surface area (TPSA) is 43.1 Å². The minimum atomic E-state index is -0.407. The first-order valence-electron chi connectivity index (χ1n) is 3.56. The van der Waals surface area contributed by atoms with Gasteiger partial charge in [0.05, 0.1) is 0 Å². The van der Waals surface area contributed by atoms with Gasteiger partial charge in [0, 0.05) is 0 Å². The number of rotatable bonds is 3. The van der Waals surface area contributed by atoms with Crippen LogP contribution in [0.3, 0.4) is 0 Å². The van der Waals surface area contributed by atoms with Crippen LogP contribution in [0.5, 0.6) is 0 Å². The monoisotopic (exact) mass is 261 g/mol. The standard InChI is InChI=1S/C9H8ClNOSe/c10-7-1-3-8(4-2-7)13-6-5-9(11)12/h1-6H,(H2,11,12)/b6-5-. The molecular weight excluding hydrogens is 253 g/mol. The Morgan fingerprint density at radius 3 is 2.54 bits per heavy atom. The molecule has 1 aromatic rings. The van der Waals surface area contributed by atoms with Gasteiger partial charge in [-0.2, -0.15) is 0 Å². The molecule has 68 valence electrons. The molecule has 0 saturated carbocycles. The van der Waals surface area contributed by atoms with Gasteiger partial charge >= 0.3 is 87.8 Å². The van der Waals surface area contributed by atoms with E-state index in [9.17, 15) is 4.79 Å². The number of carbonyl (C=O) groups is 1. The zero-order valence-electron chi connectivity index (χ0n) is 6.74. The number of benzene rings is 1. The van der Waals surface area contributed by atoms with E-state index in [1.807, 2.05) is 24.3 Å². The summed E-state index contributed by atoms with van der Waals surface area (Å²) in [6, 6.07) is 7.54. The summed E-state index contributed by atoms with van der Waals surface area (Å²) < 4.78 is 1.16. The molecule has 0 unspecified atom stereocenters. The van der Waals surface area contributed by atoms with Gasteiger partial charge in [0.15, 0.2) is 0 Å². The molecule has 0 aliphatic carbocycles. The molecule has 0 heterocycles. The van der Waals surface area contributed by atoms with Crippen LogP contribution in [0, 0.1) is 0 Å². The van der Waals surface area contributed by atoms with Crippen molar-refractivity contribution in [1.29, 1.82) is 0 Å². The first-order chi connectivity index (χ1) is 6.18. The third-order valence-electron chi connectivity index (χ3n) is 1.25. The van der Waals surface area contributed by atoms with Crippen molar-refractivity contribution < 1.29 is 4.79 Å². The molecule has 0 saturated heterocycles. The summed E-state index contributed by atoms with van der Waals surface area (Å²) in [5.41, 5.74) is 4.94. The Labute approximate surface area is 87.9 Å². The number of primary amides is 1. The van der Waals surface area contributed by atoms with Gasteiger partial charge in [0.25, 0.3) is 0 Å². The molecule has 2 nitrogen and oxygen atoms in total. The number of halogens is 1. The number of nitrogens with two attached hydrogens (primary N) is 1. The van der Waals surface area contributed by atoms with E-state index in [-0.39, 0.29) is 15.0 Å². The minimum absolute atomic E-state index is 0.152. The van der Waals surface area contributed by atoms with Crippen molar-refractivity contribution >= 4 is 36.9 Å². The van der Waals surface area contributed by atoms with Crippen LogP contribution in [-0.2, 0) is 4.79 Å². The fraction of sp³-hybridized carbons (Fsp3) is 0. The molecule has 0 aliphatic heterocycles. The van der Waals surface area contributed by atoms with Gasteiger partial charge in [0.2, 0.25) is 0 Å². The van der Waals surface area contributed by atoms with E-state index >= 15 is 0 Å². The van der Waals surface area contributed by atoms with Crippen molar-refractivity contribution in [3.8, 4) is 0 Å². The second-order valence-corrected chi connectivity index (χ2v) is 4.77. The van der Waals surface area contributed by atoms with Crippen LogP contribution in [-0.4, -0.2) is 20.9 Å². The molecule has 0 aliphatic rings. The molecule has 0 aromatic heterocycles. The normalized spacial score (nSPS) is 10.5. The van der Waals surface area contributed by atoms with Gasteiger partial charge in [0.1, 0.15) is 0 Å². The quantitative estimate of drug-likeness (QED) is 0.630. The maximum atomic E-state index is 10.4. The van der Waals surface area contributed by atoms with Gasteiger partial charge in [-0.3, -0.25) is 0 Å². The zero-order chi connectivity index (χ0) is 9.68. The maximum absolute atomic E-state index is 10.4. The van der Waals surface area contributed by atoms with Crippen molar-refractivity contribution in [2.75, 3.05) is 0 Å². The summed E-state index contributed by atoms with van der Waals surface area (Å²) in [7, 11) is 0. The summed E-state index contributed by atoms with van der Waals surface area (Å²) in [4.78, 5) is 12.2. The van der Waals surface area contributed by atoms with E-state index in [1.54, 1.807) is 4.97 Å². The molecule has 1 aromatic carbocycles. The Bertz CT molecular complexity index is 321. The summed E-state index contributed by atoms with van der Waals surface area (Å²) >= 11 is 5.86. The fourth-order valence-electron chi connectivity index (χ4n) is 0.693. The van der Waals surface area contributed by atoms with Crippen LogP contribution >= 0.6 is 11.6 Å². The molecule has 1 amide bonds. The number of carbonyl (C=O) groups excluding carboxylic acids is 1. The number of hydrogen-bond donors (Lipinski definition) is 1. The van der Waals surface area contributed by atoms with Crippen LogP contribution < -0.4 is 10.2 Å². The van der Waals surface area contributed by atoms with Crippen molar-refractivity contribution in [3.05, 3.63) is 40.3 Å². The van der Waals surface area contributed by atoms with Crippen molar-refractivity contribution in [1.82, 2.24) is 0 Å². The second kappa shape index (κ2) is 5.07. The Kier molecular flexibility index (Phi) is 4.03. The van der Waals surface area contributed by atoms with E-state index in [2.05, 4.69) is 0 Å². The SMILES string of the molecule is NC(=O)/C=C\[Se]c1ccc(Cl)cc1. The van der Waals surface area contributed by atoms with Gasteiger partial charge < -0.3 is 0 Å². The van der Waals surface area contributed by atoms with Gasteiger partial charge in [-0.25, -0.2) is 0 Å². The zero-order valence-corrected chi connectivity index (χ0v) is 9.20. The predicted octanol–water partition coefficient (Wildman–Crippen LogP) is 0.668. The summed E-state index contributed by atoms with van der Waals surface area (Å²) in [5, 5.41) is 0.721. The van der Waals surface area contributed by atoms with Gasteiger partial charge in [-0.15, -0.1) is 0 Å². The number of amides is 1. The molecule has 0 radical (unpaired) electrons. The molecule has 0 fully saturated rings. The third kappa shape index (κ3) is 4.13. The molecular formula is C9H8ClNOSe. The molecule has 2 N–H and O–H groups in total. The summed E-state index contributed by atoms with van der Waals surface area (Å²) in [6.07, 6.45) is 1.38. The van der Waals surface area contributed by atoms with Crippen LogP contribution in [0.1, 0.15) is 0 Å². The van der Waals surface area contributed by atoms with E-state index in [1.165, 1.54) is 6.08 Å². The molecule has 4 heteroatoms. The molecule has 0 spiro atoms.